The number of rotatable bonds is 3. The Bertz CT molecular complexity index is 471. The van der Waals surface area contributed by atoms with Crippen molar-refractivity contribution in [1.82, 2.24) is 0 Å². The topological polar surface area (TPSA) is 17.1 Å². The summed E-state index contributed by atoms with van der Waals surface area (Å²) in [5.74, 6) is 0. The van der Waals surface area contributed by atoms with Gasteiger partial charge in [0.15, 0.2) is 6.29 Å². The van der Waals surface area contributed by atoms with Crippen LogP contribution in [-0.4, -0.2) is 6.29 Å². The Morgan fingerprint density at radius 2 is 2.00 bits per heavy atom. The van der Waals surface area contributed by atoms with Gasteiger partial charge in [0.25, 0.3) is 0 Å². The second kappa shape index (κ2) is 4.41. The highest BCUT2D eigenvalue weighted by atomic mass is 32.1. The Kier molecular flexibility index (Phi) is 2.97. The van der Waals surface area contributed by atoms with Gasteiger partial charge < -0.3 is 0 Å². The van der Waals surface area contributed by atoms with Gasteiger partial charge in [-0.2, -0.15) is 0 Å². The molecule has 2 aromatic rings. The molecule has 0 unspecified atom stereocenters. The van der Waals surface area contributed by atoms with Gasteiger partial charge in [0.2, 0.25) is 0 Å². The first-order valence-corrected chi connectivity index (χ1v) is 5.80. The zero-order chi connectivity index (χ0) is 10.7. The van der Waals surface area contributed by atoms with Gasteiger partial charge in [0.05, 0.1) is 0 Å². The summed E-state index contributed by atoms with van der Waals surface area (Å²) in [4.78, 5) is 13.4. The lowest BCUT2D eigenvalue weighted by Crippen LogP contribution is -1.83. The fraction of sp³-hybridized carbons (Fsp3) is 0.154. The third kappa shape index (κ3) is 2.00. The molecule has 0 atom stereocenters. The summed E-state index contributed by atoms with van der Waals surface area (Å²) in [5.41, 5.74) is 1.80. The maximum atomic E-state index is 10.9. The minimum Gasteiger partial charge on any atom is -0.298 e. The molecule has 0 bridgehead atoms. The fourth-order valence-electron chi connectivity index (χ4n) is 1.54. The molecule has 0 radical (unpaired) electrons. The average molecular weight is 216 g/mol. The van der Waals surface area contributed by atoms with Crippen LogP contribution in [0.4, 0.5) is 0 Å². The summed E-state index contributed by atoms with van der Waals surface area (Å²) in [6.07, 6.45) is 1.97. The van der Waals surface area contributed by atoms with Crippen molar-refractivity contribution in [3.63, 3.8) is 0 Å². The number of hydrogen-bond acceptors (Lipinski definition) is 2. The first kappa shape index (κ1) is 10.1. The van der Waals surface area contributed by atoms with Crippen LogP contribution in [0, 0.1) is 0 Å². The zero-order valence-electron chi connectivity index (χ0n) is 8.57. The Morgan fingerprint density at radius 1 is 1.20 bits per heavy atom. The van der Waals surface area contributed by atoms with Crippen LogP contribution in [0.2, 0.25) is 0 Å². The first-order chi connectivity index (χ1) is 7.35. The van der Waals surface area contributed by atoms with E-state index < -0.39 is 0 Å². The minimum atomic E-state index is 0.766. The highest BCUT2D eigenvalue weighted by Gasteiger charge is 2.05. The van der Waals surface area contributed by atoms with Gasteiger partial charge in [-0.25, -0.2) is 0 Å². The molecule has 0 fully saturated rings. The van der Waals surface area contributed by atoms with Crippen LogP contribution in [0.5, 0.6) is 0 Å². The largest absolute Gasteiger partial charge is 0.298 e. The average Bonchev–Trinajstić information content (AvgIpc) is 2.77. The van der Waals surface area contributed by atoms with Crippen LogP contribution < -0.4 is 0 Å². The monoisotopic (exact) mass is 216 g/mol. The Hall–Kier alpha value is -1.41. The minimum absolute atomic E-state index is 0.766. The molecule has 2 heteroatoms. The van der Waals surface area contributed by atoms with Crippen molar-refractivity contribution >= 4 is 17.6 Å². The quantitative estimate of drug-likeness (QED) is 0.713. The third-order valence-electron chi connectivity index (χ3n) is 2.36. The highest BCUT2D eigenvalue weighted by Crippen LogP contribution is 2.30. The molecule has 1 nitrogen and oxygen atoms in total. The van der Waals surface area contributed by atoms with Gasteiger partial charge in [-0.3, -0.25) is 4.79 Å². The Labute approximate surface area is 93.4 Å². The van der Waals surface area contributed by atoms with E-state index in [9.17, 15) is 4.79 Å². The van der Waals surface area contributed by atoms with Crippen molar-refractivity contribution in [3.05, 3.63) is 46.8 Å². The van der Waals surface area contributed by atoms with Crippen molar-refractivity contribution in [1.29, 1.82) is 0 Å². The number of thiophene rings is 1. The van der Waals surface area contributed by atoms with E-state index in [1.165, 1.54) is 9.75 Å². The number of aryl methyl sites for hydroxylation is 1. The van der Waals surface area contributed by atoms with Crippen molar-refractivity contribution in [2.75, 3.05) is 0 Å². The summed E-state index contributed by atoms with van der Waals surface area (Å²) in [6.45, 7) is 2.14. The Morgan fingerprint density at radius 3 is 2.67 bits per heavy atom. The lowest BCUT2D eigenvalue weighted by molar-refractivity contribution is 0.112. The molecular weight excluding hydrogens is 204 g/mol. The normalized spacial score (nSPS) is 10.2. The summed E-state index contributed by atoms with van der Waals surface area (Å²) in [6, 6.07) is 11.9. The summed E-state index contributed by atoms with van der Waals surface area (Å²) < 4.78 is 0. The van der Waals surface area contributed by atoms with Crippen LogP contribution in [0.3, 0.4) is 0 Å². The highest BCUT2D eigenvalue weighted by molar-refractivity contribution is 7.15. The molecule has 0 saturated heterocycles. The van der Waals surface area contributed by atoms with Crippen LogP contribution in [0.25, 0.3) is 10.4 Å². The van der Waals surface area contributed by atoms with Gasteiger partial charge in [-0.05, 0) is 18.6 Å². The lowest BCUT2D eigenvalue weighted by atomic mass is 10.1. The standard InChI is InChI=1S/C13H12OS/c1-2-11-7-8-13(15-11)12-6-4-3-5-10(12)9-14/h3-9H,2H2,1H3. The van der Waals surface area contributed by atoms with Crippen LogP contribution in [0.15, 0.2) is 36.4 Å². The third-order valence-corrected chi connectivity index (χ3v) is 3.63. The summed E-state index contributed by atoms with van der Waals surface area (Å²) in [5, 5.41) is 0. The predicted octanol–water partition coefficient (Wildman–Crippen LogP) is 3.79. The molecule has 1 aromatic heterocycles. The molecule has 1 aromatic carbocycles. The molecule has 0 spiro atoms. The molecule has 2 rings (SSSR count). The van der Waals surface area contributed by atoms with E-state index in [2.05, 4.69) is 19.1 Å². The molecule has 0 saturated carbocycles. The van der Waals surface area contributed by atoms with Gasteiger partial charge in [-0.15, -0.1) is 11.3 Å². The van der Waals surface area contributed by atoms with Crippen molar-refractivity contribution in [2.24, 2.45) is 0 Å². The van der Waals surface area contributed by atoms with Gasteiger partial charge in [0, 0.05) is 20.9 Å². The van der Waals surface area contributed by atoms with E-state index >= 15 is 0 Å². The maximum absolute atomic E-state index is 10.9. The molecule has 0 aliphatic heterocycles. The lowest BCUT2D eigenvalue weighted by Gasteiger charge is -2.00. The number of aldehydes is 1. The molecule has 0 aliphatic rings. The van der Waals surface area contributed by atoms with E-state index in [0.717, 1.165) is 23.8 Å². The molecule has 1 heterocycles. The smallest absolute Gasteiger partial charge is 0.150 e. The molecular formula is C13H12OS. The number of benzene rings is 1. The first-order valence-electron chi connectivity index (χ1n) is 4.98. The predicted molar refractivity (Wildman–Crippen MR) is 64.5 cm³/mol. The van der Waals surface area contributed by atoms with E-state index in [1.54, 1.807) is 11.3 Å². The molecule has 15 heavy (non-hydrogen) atoms. The Balaban J connectivity index is 2.48. The van der Waals surface area contributed by atoms with Crippen molar-refractivity contribution in [3.8, 4) is 10.4 Å². The molecule has 0 N–H and O–H groups in total. The van der Waals surface area contributed by atoms with Crippen molar-refractivity contribution in [2.45, 2.75) is 13.3 Å². The maximum Gasteiger partial charge on any atom is 0.150 e. The van der Waals surface area contributed by atoms with Gasteiger partial charge in [0.1, 0.15) is 0 Å². The fourth-order valence-corrected chi connectivity index (χ4v) is 2.53. The van der Waals surface area contributed by atoms with E-state index in [-0.39, 0.29) is 0 Å². The van der Waals surface area contributed by atoms with E-state index in [0.29, 0.717) is 0 Å². The van der Waals surface area contributed by atoms with Crippen LogP contribution >= 0.6 is 11.3 Å². The van der Waals surface area contributed by atoms with E-state index in [1.807, 2.05) is 24.3 Å². The molecule has 0 amide bonds. The van der Waals surface area contributed by atoms with Crippen LogP contribution in [-0.2, 0) is 6.42 Å². The molecule has 76 valence electrons. The van der Waals surface area contributed by atoms with Gasteiger partial charge in [-0.1, -0.05) is 31.2 Å². The number of carbonyl (C=O) groups is 1. The summed E-state index contributed by atoms with van der Waals surface area (Å²) in [7, 11) is 0. The second-order valence-electron chi connectivity index (χ2n) is 3.32. The number of carbonyl (C=O) groups excluding carboxylic acids is 1. The SMILES string of the molecule is CCc1ccc(-c2ccccc2C=O)s1. The van der Waals surface area contributed by atoms with Crippen molar-refractivity contribution < 1.29 is 4.79 Å². The van der Waals surface area contributed by atoms with Crippen LogP contribution in [0.1, 0.15) is 22.2 Å². The summed E-state index contributed by atoms with van der Waals surface area (Å²) >= 11 is 1.76. The zero-order valence-corrected chi connectivity index (χ0v) is 9.38. The number of hydrogen-bond donors (Lipinski definition) is 0. The molecule has 0 aliphatic carbocycles. The van der Waals surface area contributed by atoms with Gasteiger partial charge >= 0.3 is 0 Å². The second-order valence-corrected chi connectivity index (χ2v) is 4.49. The van der Waals surface area contributed by atoms with E-state index in [4.69, 9.17) is 0 Å².